The monoisotopic (exact) mass is 1550 g/mol. The van der Waals surface area contributed by atoms with Gasteiger partial charge in [0.1, 0.15) is 34.8 Å². The summed E-state index contributed by atoms with van der Waals surface area (Å²) in [6, 6.07) is 3.93. The molecule has 5 rings (SSSR count). The molecule has 7 atom stereocenters. The normalized spacial score (nSPS) is 21.3. The molecule has 0 bridgehead atoms. The maximum absolute atomic E-state index is 12.9. The first kappa shape index (κ1) is 95.2. The number of ether oxygens (including phenoxy) is 1. The van der Waals surface area contributed by atoms with Crippen LogP contribution in [-0.2, 0) is 86.3 Å². The Morgan fingerprint density at radius 3 is 2.07 bits per heavy atom. The third kappa shape index (κ3) is 31.7. The minimum Gasteiger partial charge on any atom is -0.790 e. The Kier molecular flexibility index (Phi) is 41.9. The molecule has 98 heavy (non-hydrogen) atoms. The van der Waals surface area contributed by atoms with Crippen molar-refractivity contribution in [2.24, 2.45) is 10.5 Å². The third-order valence-electron chi connectivity index (χ3n) is 15.2. The number of hydrazone groups is 1. The number of hydrogen-bond acceptors (Lipinski definition) is 32. The van der Waals surface area contributed by atoms with Crippen LogP contribution in [0.1, 0.15) is 128 Å². The number of benzene rings is 1. The molecular formula is C52H72N8Na4O27P3S4-3. The number of anilines is 1. The molecule has 0 radical (unpaired) electrons. The number of carbonyl (C=O) groups is 2. The summed E-state index contributed by atoms with van der Waals surface area (Å²) in [5.74, 6) is -1.66. The van der Waals surface area contributed by atoms with Crippen LogP contribution >= 0.6 is 35.5 Å². The number of aromatic nitrogens is 2. The zero-order valence-corrected chi connectivity index (χ0v) is 68.9. The second kappa shape index (κ2) is 43.1. The van der Waals surface area contributed by atoms with E-state index in [1.165, 1.54) is 36.5 Å². The van der Waals surface area contributed by atoms with Crippen LogP contribution in [-0.4, -0.2) is 149 Å². The fourth-order valence-corrected chi connectivity index (χ4v) is 15.3. The average molecular weight is 1550 g/mol. The summed E-state index contributed by atoms with van der Waals surface area (Å²) < 4.78 is 164. The first-order valence-corrected chi connectivity index (χ1v) is 38.8. The van der Waals surface area contributed by atoms with E-state index in [9.17, 15) is 96.9 Å². The molecule has 4 heterocycles. The molecule has 46 heteroatoms. The minimum absolute atomic E-state index is 0. The predicted molar refractivity (Wildman–Crippen MR) is 323 cm³/mol. The first-order valence-electron chi connectivity index (χ1n) is 29.0. The topological polar surface area (TPSA) is 551 Å². The summed E-state index contributed by atoms with van der Waals surface area (Å²) in [6.45, 7) is 5.36. The van der Waals surface area contributed by atoms with Crippen molar-refractivity contribution in [1.82, 2.24) is 25.2 Å². The van der Waals surface area contributed by atoms with Gasteiger partial charge < -0.3 is 73.8 Å². The van der Waals surface area contributed by atoms with E-state index in [-0.39, 0.29) is 193 Å². The molecule has 5 N–H and O–H groups in total. The van der Waals surface area contributed by atoms with Gasteiger partial charge in [0.15, 0.2) is 5.71 Å². The zero-order valence-electron chi connectivity index (χ0n) is 55.0. The van der Waals surface area contributed by atoms with Gasteiger partial charge in [0.2, 0.25) is 17.5 Å². The van der Waals surface area contributed by atoms with Crippen LogP contribution in [0.4, 0.5) is 11.5 Å². The number of nitrogens with one attached hydrogen (secondary N) is 2. The molecule has 0 saturated carbocycles. The van der Waals surface area contributed by atoms with Crippen LogP contribution in [0.25, 0.3) is 6.08 Å². The van der Waals surface area contributed by atoms with Crippen molar-refractivity contribution in [2.45, 2.75) is 139 Å². The number of amides is 2. The van der Waals surface area contributed by atoms with Crippen molar-refractivity contribution < 1.29 is 242 Å². The standard InChI is InChI=1S/C52H79N8O27P3S4.4Na/c1-37-51(2,24-14-31-92(73,74)75)45(60(57-37)29-16-30-91-85-84-65)19-8-4-7-18-44-52(3,25-15-32-93(76,77)78)40-33-39(94(79,80)81)22-23-41(40)58(44)28-12-6-10-21-46(62)54-26-11-5-9-20-47(63)55-27-13-17-38-35-59(50(64)56-49(38)53)48-34-42(61)43(83-48)36-82-89(69,70)87-90(71,72)86-88(66,67)68;;;;/h4,7-8,13,17-19,22-23,33,35,42-43,48,61H,5-6,9-12,14-16,20-21,24-32,34,36H2,1-3H3,(H11-,53,54,55,56,62,63,64,65,66,67,68,69,70,71,72,73,74,75,76,77,78,79,80,81);;;;/q;4*+1/p-7/b17-13+;;;;/t42-,43-,48-,51?,52?;;;;/m1..../s1. The van der Waals surface area contributed by atoms with E-state index in [1.54, 1.807) is 49.2 Å². The van der Waals surface area contributed by atoms with Crippen LogP contribution in [0.5, 0.6) is 0 Å². The van der Waals surface area contributed by atoms with Gasteiger partial charge in [0, 0.05) is 121 Å². The molecular weight excluding hydrogens is 1480 g/mol. The number of rotatable bonds is 41. The van der Waals surface area contributed by atoms with Gasteiger partial charge in [-0.25, -0.2) is 34.4 Å². The van der Waals surface area contributed by atoms with Crippen LogP contribution in [0.3, 0.4) is 0 Å². The molecule has 3 aliphatic heterocycles. The number of phosphoric ester groups is 1. The fourth-order valence-electron chi connectivity index (χ4n) is 10.5. The number of carbonyl (C=O) groups excluding carboxylic acids is 2. The Morgan fingerprint density at radius 2 is 1.46 bits per heavy atom. The second-order valence-electron chi connectivity index (χ2n) is 22.2. The number of fused-ring (bicyclic) bond motifs is 1. The number of hydrogen-bond donors (Lipinski definition) is 4. The third-order valence-corrected chi connectivity index (χ3v) is 21.9. The SMILES string of the molecule is CC1=NN(CCCSOO[O-])C(=C/C=C/C=C/C2=[N+](CCCCCC(=O)NCCCCCC(=O)NC/C=C/c3cn([C@H]4C[C@@H](O)[C@@H](COP(=O)([O-])OP(=O)([O-])OP(=O)([O-])[O-])O4)c(=O)nc3N)c3ccc(S(=O)(=O)[O-])cc3C2(C)CCCS(=O)(=O)[O-])C1(C)CCCS(=O)(=O)[O-].[Na+].[Na+].[Na+].[Na+]. The summed E-state index contributed by atoms with van der Waals surface area (Å²) in [4.78, 5) is 85.9. The Bertz CT molecular complexity index is 3800. The Labute approximate surface area is 660 Å². The van der Waals surface area contributed by atoms with Crippen molar-refractivity contribution in [1.29, 1.82) is 0 Å². The maximum Gasteiger partial charge on any atom is 1.00 e. The van der Waals surface area contributed by atoms with Crippen molar-refractivity contribution in [3.63, 3.8) is 0 Å². The summed E-state index contributed by atoms with van der Waals surface area (Å²) in [5, 5.41) is 36.1. The molecule has 3 aliphatic rings. The number of unbranched alkanes of at least 4 members (excludes halogenated alkanes) is 4. The molecule has 4 unspecified atom stereocenters. The largest absolute Gasteiger partial charge is 1.00 e. The molecule has 1 fully saturated rings. The number of nitrogens with two attached hydrogens (primary N) is 1. The quantitative estimate of drug-likeness (QED) is 0.00553. The van der Waals surface area contributed by atoms with Crippen molar-refractivity contribution in [3.8, 4) is 0 Å². The Hall–Kier alpha value is -0.770. The van der Waals surface area contributed by atoms with Gasteiger partial charge in [-0.3, -0.25) is 37.6 Å². The molecule has 35 nitrogen and oxygen atoms in total. The number of aliphatic hydroxyl groups excluding tert-OH is 1. The van der Waals surface area contributed by atoms with Crippen LogP contribution < -0.4 is 165 Å². The zero-order chi connectivity index (χ0) is 69.9. The average Bonchev–Trinajstić information content (AvgIpc) is 1.58. The molecule has 1 saturated heterocycles. The van der Waals surface area contributed by atoms with E-state index in [0.717, 1.165) is 16.6 Å². The number of aliphatic hydroxyl groups is 1. The van der Waals surface area contributed by atoms with E-state index in [1.807, 2.05) is 11.5 Å². The van der Waals surface area contributed by atoms with E-state index in [0.29, 0.717) is 98.7 Å². The van der Waals surface area contributed by atoms with E-state index in [4.69, 9.17) is 15.6 Å². The smallest absolute Gasteiger partial charge is 0.790 e. The number of nitrogen functional groups attached to an aromatic ring is 1. The van der Waals surface area contributed by atoms with Gasteiger partial charge in [-0.15, -0.1) is 0 Å². The number of nitrogens with zero attached hydrogens (tertiary/aromatic N) is 5. The van der Waals surface area contributed by atoms with Gasteiger partial charge in [0.25, 0.3) is 15.6 Å². The molecule has 2 aromatic rings. The molecule has 2 amide bonds. The van der Waals surface area contributed by atoms with Gasteiger partial charge in [-0.05, 0) is 96.8 Å². The van der Waals surface area contributed by atoms with E-state index < -0.39 is 112 Å². The summed E-state index contributed by atoms with van der Waals surface area (Å²) >= 11 is 0.802. The number of allylic oxidation sites excluding steroid dienone is 6. The molecule has 1 aromatic carbocycles. The van der Waals surface area contributed by atoms with Gasteiger partial charge in [-0.1, -0.05) is 36.8 Å². The van der Waals surface area contributed by atoms with Gasteiger partial charge >= 0.3 is 124 Å². The molecule has 1 aromatic heterocycles. The summed E-state index contributed by atoms with van der Waals surface area (Å²) in [6.07, 6.45) is 12.4. The van der Waals surface area contributed by atoms with Crippen molar-refractivity contribution >= 4 is 107 Å². The van der Waals surface area contributed by atoms with Crippen molar-refractivity contribution in [2.75, 3.05) is 55.8 Å². The second-order valence-corrected chi connectivity index (χ2v) is 31.6. The van der Waals surface area contributed by atoms with Crippen molar-refractivity contribution in [3.05, 3.63) is 88.2 Å². The summed E-state index contributed by atoms with van der Waals surface area (Å²) in [5.41, 5.74) is 6.11. The van der Waals surface area contributed by atoms with Crippen LogP contribution in [0.2, 0.25) is 0 Å². The van der Waals surface area contributed by atoms with Gasteiger partial charge in [0.05, 0.1) is 51.1 Å². The molecule has 528 valence electrons. The number of phosphoric acid groups is 3. The molecule has 0 aliphatic carbocycles. The van der Waals surface area contributed by atoms with Crippen LogP contribution in [0.15, 0.2) is 81.3 Å². The van der Waals surface area contributed by atoms with E-state index in [2.05, 4.69) is 38.1 Å². The Morgan fingerprint density at radius 1 is 0.837 bits per heavy atom. The minimum atomic E-state index is -6.24. The predicted octanol–water partition coefficient (Wildman–Crippen LogP) is -11.8. The molecule has 0 spiro atoms. The maximum atomic E-state index is 12.9. The van der Waals surface area contributed by atoms with Gasteiger partial charge in [-0.2, -0.15) is 19.0 Å². The van der Waals surface area contributed by atoms with Crippen LogP contribution in [0, 0.1) is 5.41 Å². The summed E-state index contributed by atoms with van der Waals surface area (Å²) in [7, 11) is -32.5. The first-order chi connectivity index (χ1) is 43.8. The van der Waals surface area contributed by atoms with E-state index >= 15 is 0 Å². The Balaban J connectivity index is 0.0000120. The fraction of sp³-hybridized carbons (Fsp3) is 0.577.